The van der Waals surface area contributed by atoms with Gasteiger partial charge in [0.25, 0.3) is 0 Å². The molecule has 0 saturated heterocycles. The van der Waals surface area contributed by atoms with Gasteiger partial charge in [0.1, 0.15) is 0 Å². The van der Waals surface area contributed by atoms with Crippen molar-refractivity contribution in [2.24, 2.45) is 4.99 Å². The minimum Gasteiger partial charge on any atom is -0.377 e. The SMILES string of the molecule is CCNC(=NCC(C)(C)OC)NCCc1cccc2cccnc12.I. The summed E-state index contributed by atoms with van der Waals surface area (Å²) in [5.41, 5.74) is 2.06. The maximum atomic E-state index is 5.42. The molecule has 5 nitrogen and oxygen atoms in total. The largest absolute Gasteiger partial charge is 0.377 e. The van der Waals surface area contributed by atoms with E-state index >= 15 is 0 Å². The third-order valence-electron chi connectivity index (χ3n) is 3.92. The summed E-state index contributed by atoms with van der Waals surface area (Å²) in [6.07, 6.45) is 2.74. The van der Waals surface area contributed by atoms with Crippen LogP contribution < -0.4 is 10.6 Å². The Bertz CT molecular complexity index is 683. The molecule has 1 aromatic carbocycles. The molecule has 0 aliphatic carbocycles. The average Bonchev–Trinajstić information content (AvgIpc) is 2.60. The minimum absolute atomic E-state index is 0. The molecule has 0 amide bonds. The molecule has 0 spiro atoms. The molecule has 0 aliphatic rings. The van der Waals surface area contributed by atoms with Crippen LogP contribution in [0.5, 0.6) is 0 Å². The van der Waals surface area contributed by atoms with E-state index in [4.69, 9.17) is 4.74 Å². The van der Waals surface area contributed by atoms with Gasteiger partial charge in [0, 0.05) is 31.8 Å². The van der Waals surface area contributed by atoms with Gasteiger partial charge >= 0.3 is 0 Å². The number of nitrogens with zero attached hydrogens (tertiary/aromatic N) is 2. The van der Waals surface area contributed by atoms with Gasteiger partial charge in [-0.05, 0) is 38.8 Å². The average molecular weight is 456 g/mol. The lowest BCUT2D eigenvalue weighted by Crippen LogP contribution is -2.40. The van der Waals surface area contributed by atoms with E-state index in [2.05, 4.69) is 51.8 Å². The number of aliphatic imine (C=N–C) groups is 1. The zero-order valence-corrected chi connectivity index (χ0v) is 17.8. The van der Waals surface area contributed by atoms with Crippen LogP contribution in [0.3, 0.4) is 0 Å². The Labute approximate surface area is 167 Å². The second-order valence-corrected chi connectivity index (χ2v) is 6.33. The van der Waals surface area contributed by atoms with Crippen molar-refractivity contribution in [1.82, 2.24) is 15.6 Å². The van der Waals surface area contributed by atoms with Gasteiger partial charge in [-0.2, -0.15) is 0 Å². The highest BCUT2D eigenvalue weighted by Gasteiger charge is 2.15. The van der Waals surface area contributed by atoms with Gasteiger partial charge in [0.2, 0.25) is 0 Å². The van der Waals surface area contributed by atoms with Gasteiger partial charge in [0.15, 0.2) is 5.96 Å². The smallest absolute Gasteiger partial charge is 0.191 e. The van der Waals surface area contributed by atoms with E-state index in [1.807, 2.05) is 26.1 Å². The van der Waals surface area contributed by atoms with Gasteiger partial charge in [0.05, 0.1) is 17.7 Å². The van der Waals surface area contributed by atoms with E-state index in [-0.39, 0.29) is 29.6 Å². The van der Waals surface area contributed by atoms with Crippen LogP contribution in [-0.2, 0) is 11.2 Å². The molecule has 0 saturated carbocycles. The number of halogens is 1. The number of hydrogen-bond donors (Lipinski definition) is 2. The van der Waals surface area contributed by atoms with Gasteiger partial charge < -0.3 is 15.4 Å². The molecule has 1 heterocycles. The molecule has 2 rings (SSSR count). The summed E-state index contributed by atoms with van der Waals surface area (Å²) in [4.78, 5) is 9.11. The third-order valence-corrected chi connectivity index (χ3v) is 3.92. The predicted octanol–water partition coefficient (Wildman–Crippen LogP) is 3.38. The monoisotopic (exact) mass is 456 g/mol. The number of pyridine rings is 1. The maximum absolute atomic E-state index is 5.42. The number of guanidine groups is 1. The van der Waals surface area contributed by atoms with E-state index < -0.39 is 0 Å². The molecule has 2 N–H and O–H groups in total. The van der Waals surface area contributed by atoms with Crippen molar-refractivity contribution >= 4 is 40.8 Å². The summed E-state index contributed by atoms with van der Waals surface area (Å²) in [5, 5.41) is 7.83. The van der Waals surface area contributed by atoms with Crippen molar-refractivity contribution in [3.63, 3.8) is 0 Å². The summed E-state index contributed by atoms with van der Waals surface area (Å²) >= 11 is 0. The molecule has 25 heavy (non-hydrogen) atoms. The Morgan fingerprint density at radius 3 is 2.68 bits per heavy atom. The first kappa shape index (κ1) is 21.6. The molecule has 0 aliphatic heterocycles. The molecule has 0 atom stereocenters. The summed E-state index contributed by atoms with van der Waals surface area (Å²) in [5.74, 6) is 0.816. The lowest BCUT2D eigenvalue weighted by atomic mass is 10.1. The number of para-hydroxylation sites is 1. The highest BCUT2D eigenvalue weighted by molar-refractivity contribution is 14.0. The molecule has 0 fully saturated rings. The topological polar surface area (TPSA) is 58.5 Å². The van der Waals surface area contributed by atoms with Crippen LogP contribution in [-0.4, -0.2) is 43.3 Å². The number of benzene rings is 1. The van der Waals surface area contributed by atoms with E-state index in [0.717, 1.165) is 31.0 Å². The molecule has 138 valence electrons. The normalized spacial score (nSPS) is 11.9. The van der Waals surface area contributed by atoms with Crippen molar-refractivity contribution < 1.29 is 4.74 Å². The second kappa shape index (κ2) is 10.6. The highest BCUT2D eigenvalue weighted by Crippen LogP contribution is 2.16. The van der Waals surface area contributed by atoms with Crippen LogP contribution in [0.4, 0.5) is 0 Å². The van der Waals surface area contributed by atoms with Crippen molar-refractivity contribution in [2.75, 3.05) is 26.7 Å². The van der Waals surface area contributed by atoms with Crippen molar-refractivity contribution in [3.05, 3.63) is 42.1 Å². The van der Waals surface area contributed by atoms with Crippen molar-refractivity contribution in [3.8, 4) is 0 Å². The Balaban J connectivity index is 0.00000312. The number of ether oxygens (including phenoxy) is 1. The molecular weight excluding hydrogens is 427 g/mol. The summed E-state index contributed by atoms with van der Waals surface area (Å²) in [7, 11) is 1.71. The molecule has 0 radical (unpaired) electrons. The van der Waals surface area contributed by atoms with E-state index in [9.17, 15) is 0 Å². The van der Waals surface area contributed by atoms with Crippen LogP contribution in [0.1, 0.15) is 26.3 Å². The number of nitrogens with one attached hydrogen (secondary N) is 2. The number of hydrogen-bond acceptors (Lipinski definition) is 3. The molecule has 2 aromatic rings. The Kier molecular flexibility index (Phi) is 9.13. The molecule has 0 bridgehead atoms. The van der Waals surface area contributed by atoms with Gasteiger partial charge in [-0.15, -0.1) is 24.0 Å². The minimum atomic E-state index is -0.262. The highest BCUT2D eigenvalue weighted by atomic mass is 127. The van der Waals surface area contributed by atoms with Crippen molar-refractivity contribution in [1.29, 1.82) is 0 Å². The first-order chi connectivity index (χ1) is 11.6. The zero-order chi connectivity index (χ0) is 17.4. The maximum Gasteiger partial charge on any atom is 0.191 e. The number of rotatable bonds is 7. The van der Waals surface area contributed by atoms with Gasteiger partial charge in [-0.1, -0.05) is 24.3 Å². The molecule has 1 aromatic heterocycles. The van der Waals surface area contributed by atoms with E-state index in [0.29, 0.717) is 6.54 Å². The lowest BCUT2D eigenvalue weighted by molar-refractivity contribution is 0.0310. The quantitative estimate of drug-likeness (QED) is 0.381. The lowest BCUT2D eigenvalue weighted by Gasteiger charge is -2.21. The number of methoxy groups -OCH3 is 1. The number of aromatic nitrogens is 1. The van der Waals surface area contributed by atoms with Crippen molar-refractivity contribution in [2.45, 2.75) is 32.8 Å². The van der Waals surface area contributed by atoms with Crippen LogP contribution in [0.25, 0.3) is 10.9 Å². The van der Waals surface area contributed by atoms with Crippen LogP contribution in [0, 0.1) is 0 Å². The fourth-order valence-corrected chi connectivity index (χ4v) is 2.36. The van der Waals surface area contributed by atoms with Gasteiger partial charge in [-0.3, -0.25) is 9.98 Å². The Hall–Kier alpha value is -1.41. The number of fused-ring (bicyclic) bond motifs is 1. The Morgan fingerprint density at radius 1 is 1.20 bits per heavy atom. The fraction of sp³-hybridized carbons (Fsp3) is 0.474. The molecular formula is C19H29IN4O. The fourth-order valence-electron chi connectivity index (χ4n) is 2.36. The van der Waals surface area contributed by atoms with Gasteiger partial charge in [-0.25, -0.2) is 0 Å². The van der Waals surface area contributed by atoms with E-state index in [1.54, 1.807) is 7.11 Å². The van der Waals surface area contributed by atoms with E-state index in [1.165, 1.54) is 10.9 Å². The first-order valence-electron chi connectivity index (χ1n) is 8.45. The third kappa shape index (κ3) is 6.78. The summed E-state index contributed by atoms with van der Waals surface area (Å²) in [6.45, 7) is 8.36. The molecule has 0 unspecified atom stereocenters. The zero-order valence-electron chi connectivity index (χ0n) is 15.5. The molecule has 6 heteroatoms. The second-order valence-electron chi connectivity index (χ2n) is 6.33. The van der Waals surface area contributed by atoms with Crippen LogP contribution in [0.2, 0.25) is 0 Å². The van der Waals surface area contributed by atoms with Crippen LogP contribution in [0.15, 0.2) is 41.5 Å². The summed E-state index contributed by atoms with van der Waals surface area (Å²) in [6, 6.07) is 10.4. The summed E-state index contributed by atoms with van der Waals surface area (Å²) < 4.78 is 5.42. The Morgan fingerprint density at radius 2 is 1.96 bits per heavy atom. The standard InChI is InChI=1S/C19H28N4O.HI/c1-5-20-18(23-14-19(2,3)24-4)22-13-11-16-9-6-8-15-10-7-12-21-17(15)16;/h6-10,12H,5,11,13-14H2,1-4H3,(H2,20,22,23);1H. The first-order valence-corrected chi connectivity index (χ1v) is 8.45. The predicted molar refractivity (Wildman–Crippen MR) is 116 cm³/mol. The van der Waals surface area contributed by atoms with Crippen LogP contribution >= 0.6 is 24.0 Å².